The summed E-state index contributed by atoms with van der Waals surface area (Å²) in [6.45, 7) is 0.275. The zero-order chi connectivity index (χ0) is 15.3. The van der Waals surface area contributed by atoms with Crippen LogP contribution in [0.15, 0.2) is 28.1 Å². The fraction of sp³-hybridized carbons (Fsp3) is 0.385. The summed E-state index contributed by atoms with van der Waals surface area (Å²) >= 11 is 9.09. The molecule has 0 saturated carbocycles. The summed E-state index contributed by atoms with van der Waals surface area (Å²) in [5.41, 5.74) is 0.933. The third kappa shape index (κ3) is 4.00. The van der Waals surface area contributed by atoms with E-state index in [0.717, 1.165) is 5.56 Å². The van der Waals surface area contributed by atoms with E-state index in [1.54, 1.807) is 0 Å². The zero-order valence-electron chi connectivity index (χ0n) is 11.5. The van der Waals surface area contributed by atoms with Gasteiger partial charge in [0, 0.05) is 6.42 Å². The number of carbonyl (C=O) groups is 1. The lowest BCUT2D eigenvalue weighted by atomic mass is 10.2. The number of alkyl halides is 1. The van der Waals surface area contributed by atoms with E-state index in [9.17, 15) is 4.79 Å². The van der Waals surface area contributed by atoms with Crippen molar-refractivity contribution in [3.63, 3.8) is 0 Å². The highest BCUT2D eigenvalue weighted by atomic mass is 35.5. The molecule has 1 atom stereocenters. The maximum Gasteiger partial charge on any atom is 0.361 e. The molecular weight excluding hydrogens is 334 g/mol. The fourth-order valence-corrected chi connectivity index (χ4v) is 3.57. The first-order chi connectivity index (χ1) is 10.1. The molecule has 0 saturated heterocycles. The second-order valence-electron chi connectivity index (χ2n) is 4.03. The van der Waals surface area contributed by atoms with E-state index in [0.29, 0.717) is 11.3 Å². The van der Waals surface area contributed by atoms with Crippen molar-refractivity contribution < 1.29 is 19.1 Å². The summed E-state index contributed by atoms with van der Waals surface area (Å²) in [7, 11) is 2.67. The lowest BCUT2D eigenvalue weighted by Gasteiger charge is -2.20. The summed E-state index contributed by atoms with van der Waals surface area (Å²) < 4.78 is 9.68. The van der Waals surface area contributed by atoms with Crippen LogP contribution >= 0.6 is 34.7 Å². The molecule has 8 heteroatoms. The minimum Gasteiger partial charge on any atom is -0.464 e. The summed E-state index contributed by atoms with van der Waals surface area (Å²) in [4.78, 5) is 17.1. The number of carbonyl (C=O) groups excluding carboxylic acids is 1. The standard InChI is InChI=1S/C13H14ClNO4S2/c1-17-12(16)10(15-18-2)11-9(4-7-20-11)8-19-13(14)5-3-6-21-13/h3-4,6-7H,5,8H2,1-2H3. The predicted octanol–water partition coefficient (Wildman–Crippen LogP) is 3.33. The summed E-state index contributed by atoms with van der Waals surface area (Å²) in [6.07, 6.45) is 2.59. The molecular formula is C13H14ClNO4S2. The molecule has 0 bridgehead atoms. The number of rotatable bonds is 6. The molecule has 1 aliphatic heterocycles. The van der Waals surface area contributed by atoms with Gasteiger partial charge in [0.2, 0.25) is 5.71 Å². The molecule has 0 fully saturated rings. The van der Waals surface area contributed by atoms with Gasteiger partial charge in [-0.25, -0.2) is 4.79 Å². The second kappa shape index (κ2) is 7.31. The van der Waals surface area contributed by atoms with Crippen molar-refractivity contribution in [1.82, 2.24) is 0 Å². The Bertz CT molecular complexity index is 562. The first kappa shape index (κ1) is 16.4. The van der Waals surface area contributed by atoms with Crippen LogP contribution in [0.5, 0.6) is 0 Å². The first-order valence-corrected chi connectivity index (χ1v) is 8.15. The molecule has 0 amide bonds. The van der Waals surface area contributed by atoms with Crippen molar-refractivity contribution in [2.45, 2.75) is 17.4 Å². The summed E-state index contributed by atoms with van der Waals surface area (Å²) in [6, 6.07) is 1.86. The Morgan fingerprint density at radius 2 is 2.33 bits per heavy atom. The van der Waals surface area contributed by atoms with E-state index in [2.05, 4.69) is 5.16 Å². The number of thiophene rings is 1. The Morgan fingerprint density at radius 3 is 2.95 bits per heavy atom. The Labute approximate surface area is 135 Å². The molecule has 2 heterocycles. The minimum absolute atomic E-state index is 0.120. The molecule has 114 valence electrons. The molecule has 1 aromatic heterocycles. The van der Waals surface area contributed by atoms with E-state index in [4.69, 9.17) is 25.9 Å². The molecule has 21 heavy (non-hydrogen) atoms. The normalized spacial score (nSPS) is 21.6. The maximum absolute atomic E-state index is 11.8. The molecule has 1 aliphatic rings. The van der Waals surface area contributed by atoms with Crippen LogP contribution in [0, 0.1) is 0 Å². The van der Waals surface area contributed by atoms with E-state index in [1.165, 1.54) is 37.3 Å². The van der Waals surface area contributed by atoms with Crippen LogP contribution < -0.4 is 0 Å². The van der Waals surface area contributed by atoms with Gasteiger partial charge < -0.3 is 14.3 Å². The van der Waals surface area contributed by atoms with Crippen molar-refractivity contribution in [2.75, 3.05) is 14.2 Å². The van der Waals surface area contributed by atoms with Gasteiger partial charge in [0.25, 0.3) is 0 Å². The van der Waals surface area contributed by atoms with Crippen LogP contribution in [0.3, 0.4) is 0 Å². The Hall–Kier alpha value is -1.02. The molecule has 0 aliphatic carbocycles. The van der Waals surface area contributed by atoms with Crippen LogP contribution in [0.25, 0.3) is 0 Å². The van der Waals surface area contributed by atoms with Crippen molar-refractivity contribution in [3.8, 4) is 0 Å². The second-order valence-corrected chi connectivity index (χ2v) is 6.95. The van der Waals surface area contributed by atoms with Gasteiger partial charge in [-0.3, -0.25) is 0 Å². The molecule has 1 unspecified atom stereocenters. The summed E-state index contributed by atoms with van der Waals surface area (Å²) in [5.74, 6) is -0.557. The molecule has 0 aromatic carbocycles. The highest BCUT2D eigenvalue weighted by Crippen LogP contribution is 2.42. The number of halogens is 1. The zero-order valence-corrected chi connectivity index (χ0v) is 13.9. The van der Waals surface area contributed by atoms with Gasteiger partial charge in [0.05, 0.1) is 18.6 Å². The molecule has 0 radical (unpaired) electrons. The quantitative estimate of drug-likeness (QED) is 0.342. The molecule has 0 spiro atoms. The average molecular weight is 348 g/mol. The van der Waals surface area contributed by atoms with Gasteiger partial charge in [0.15, 0.2) is 4.39 Å². The SMILES string of the molecule is CON=C(C(=O)OC)c1sccc1COC1(Cl)CC=CS1. The monoisotopic (exact) mass is 347 g/mol. The number of esters is 1. The lowest BCUT2D eigenvalue weighted by Crippen LogP contribution is -2.20. The third-order valence-electron chi connectivity index (χ3n) is 2.67. The van der Waals surface area contributed by atoms with Crippen molar-refractivity contribution in [2.24, 2.45) is 5.16 Å². The predicted molar refractivity (Wildman–Crippen MR) is 84.6 cm³/mol. The Kier molecular flexibility index (Phi) is 5.69. The van der Waals surface area contributed by atoms with Gasteiger partial charge in [0.1, 0.15) is 7.11 Å². The van der Waals surface area contributed by atoms with Gasteiger partial charge in [-0.2, -0.15) is 0 Å². The van der Waals surface area contributed by atoms with Crippen molar-refractivity contribution in [1.29, 1.82) is 0 Å². The molecule has 0 N–H and O–H groups in total. The number of hydrogen-bond donors (Lipinski definition) is 0. The van der Waals surface area contributed by atoms with E-state index in [-0.39, 0.29) is 12.3 Å². The largest absolute Gasteiger partial charge is 0.464 e. The number of thioether (sulfide) groups is 1. The van der Waals surface area contributed by atoms with Crippen LogP contribution in [0.2, 0.25) is 0 Å². The minimum atomic E-state index is -0.775. The third-order valence-corrected chi connectivity index (χ3v) is 5.13. The smallest absolute Gasteiger partial charge is 0.361 e. The number of hydrogen-bond acceptors (Lipinski definition) is 7. The summed E-state index contributed by atoms with van der Waals surface area (Å²) in [5, 5.41) is 7.50. The van der Waals surface area contributed by atoms with Gasteiger partial charge in [-0.15, -0.1) is 11.3 Å². The number of nitrogens with zero attached hydrogens (tertiary/aromatic N) is 1. The van der Waals surface area contributed by atoms with E-state index in [1.807, 2.05) is 22.9 Å². The van der Waals surface area contributed by atoms with E-state index >= 15 is 0 Å². The van der Waals surface area contributed by atoms with Crippen LogP contribution in [0.1, 0.15) is 16.9 Å². The van der Waals surface area contributed by atoms with E-state index < -0.39 is 10.4 Å². The molecule has 5 nitrogen and oxygen atoms in total. The number of ether oxygens (including phenoxy) is 2. The van der Waals surface area contributed by atoms with Gasteiger partial charge >= 0.3 is 5.97 Å². The lowest BCUT2D eigenvalue weighted by molar-refractivity contribution is -0.132. The van der Waals surface area contributed by atoms with Crippen LogP contribution in [0.4, 0.5) is 0 Å². The Morgan fingerprint density at radius 1 is 1.52 bits per heavy atom. The van der Waals surface area contributed by atoms with Crippen molar-refractivity contribution in [3.05, 3.63) is 33.4 Å². The maximum atomic E-state index is 11.8. The van der Waals surface area contributed by atoms with Gasteiger partial charge in [-0.05, 0) is 22.4 Å². The van der Waals surface area contributed by atoms with Crippen LogP contribution in [-0.4, -0.2) is 30.3 Å². The van der Waals surface area contributed by atoms with Crippen LogP contribution in [-0.2, 0) is 25.7 Å². The average Bonchev–Trinajstić information content (AvgIpc) is 3.11. The van der Waals surface area contributed by atoms with Crippen molar-refractivity contribution >= 4 is 46.4 Å². The number of methoxy groups -OCH3 is 1. The highest BCUT2D eigenvalue weighted by Gasteiger charge is 2.31. The highest BCUT2D eigenvalue weighted by molar-refractivity contribution is 8.04. The number of oxime groups is 1. The fourth-order valence-electron chi connectivity index (χ4n) is 1.68. The topological polar surface area (TPSA) is 57.1 Å². The van der Waals surface area contributed by atoms with Gasteiger partial charge in [-0.1, -0.05) is 34.6 Å². The molecule has 2 rings (SSSR count). The Balaban J connectivity index is 2.13. The molecule has 1 aromatic rings. The first-order valence-electron chi connectivity index (χ1n) is 6.01.